The Morgan fingerprint density at radius 1 is 1.56 bits per heavy atom. The van der Waals surface area contributed by atoms with Crippen molar-refractivity contribution in [2.75, 3.05) is 46.6 Å². The van der Waals surface area contributed by atoms with E-state index in [1.807, 2.05) is 6.92 Å². The van der Waals surface area contributed by atoms with Gasteiger partial charge in [0.15, 0.2) is 0 Å². The average Bonchev–Trinajstić information content (AvgIpc) is 2.30. The van der Waals surface area contributed by atoms with Crippen LogP contribution in [0.5, 0.6) is 0 Å². The van der Waals surface area contributed by atoms with Crippen LogP contribution in [0.4, 0.5) is 0 Å². The van der Waals surface area contributed by atoms with Gasteiger partial charge in [0.1, 0.15) is 0 Å². The van der Waals surface area contributed by atoms with Crippen LogP contribution in [0.15, 0.2) is 0 Å². The van der Waals surface area contributed by atoms with Crippen LogP contribution in [0.3, 0.4) is 0 Å². The number of methoxy groups -OCH3 is 1. The SMILES string of the molecule is CCOCCN1CCOC(CC(=O)OC)C1. The van der Waals surface area contributed by atoms with Gasteiger partial charge in [0.25, 0.3) is 0 Å². The molecule has 0 amide bonds. The number of hydrogen-bond donors (Lipinski definition) is 0. The Morgan fingerprint density at radius 2 is 2.38 bits per heavy atom. The lowest BCUT2D eigenvalue weighted by atomic mass is 10.2. The number of morpholine rings is 1. The molecule has 0 aromatic rings. The molecule has 0 bridgehead atoms. The highest BCUT2D eigenvalue weighted by Gasteiger charge is 2.22. The summed E-state index contributed by atoms with van der Waals surface area (Å²) in [5.41, 5.74) is 0. The van der Waals surface area contributed by atoms with Crippen LogP contribution in [0.25, 0.3) is 0 Å². The van der Waals surface area contributed by atoms with Crippen molar-refractivity contribution in [3.63, 3.8) is 0 Å². The van der Waals surface area contributed by atoms with Gasteiger partial charge in [0.2, 0.25) is 0 Å². The number of rotatable bonds is 6. The minimum atomic E-state index is -0.211. The minimum Gasteiger partial charge on any atom is -0.469 e. The molecular formula is C11H21NO4. The second-order valence-corrected chi connectivity index (χ2v) is 3.77. The van der Waals surface area contributed by atoms with Crippen LogP contribution < -0.4 is 0 Å². The van der Waals surface area contributed by atoms with Crippen molar-refractivity contribution in [2.24, 2.45) is 0 Å². The first-order chi connectivity index (χ1) is 7.76. The van der Waals surface area contributed by atoms with Crippen LogP contribution in [-0.4, -0.2) is 63.5 Å². The Hall–Kier alpha value is -0.650. The summed E-state index contributed by atoms with van der Waals surface area (Å²) in [7, 11) is 1.40. The van der Waals surface area contributed by atoms with E-state index in [9.17, 15) is 4.79 Å². The molecule has 1 aliphatic rings. The van der Waals surface area contributed by atoms with Crippen LogP contribution in [0.1, 0.15) is 13.3 Å². The molecule has 0 radical (unpaired) electrons. The van der Waals surface area contributed by atoms with E-state index in [0.29, 0.717) is 13.0 Å². The minimum absolute atomic E-state index is 0.0390. The maximum Gasteiger partial charge on any atom is 0.308 e. The third kappa shape index (κ3) is 4.92. The van der Waals surface area contributed by atoms with Gasteiger partial charge in [-0.15, -0.1) is 0 Å². The molecule has 5 heteroatoms. The Kier molecular flexibility index (Phi) is 6.37. The third-order valence-electron chi connectivity index (χ3n) is 2.60. The Bertz CT molecular complexity index is 210. The number of ether oxygens (including phenoxy) is 3. The van der Waals surface area contributed by atoms with E-state index in [2.05, 4.69) is 9.64 Å². The molecule has 1 unspecified atom stereocenters. The lowest BCUT2D eigenvalue weighted by molar-refractivity contribution is -0.145. The lowest BCUT2D eigenvalue weighted by Gasteiger charge is -2.32. The molecule has 1 saturated heterocycles. The first-order valence-corrected chi connectivity index (χ1v) is 5.74. The Labute approximate surface area is 96.6 Å². The molecule has 0 aliphatic carbocycles. The summed E-state index contributed by atoms with van der Waals surface area (Å²) in [5, 5.41) is 0. The second kappa shape index (κ2) is 7.60. The van der Waals surface area contributed by atoms with Crippen LogP contribution in [-0.2, 0) is 19.0 Å². The van der Waals surface area contributed by atoms with Gasteiger partial charge in [-0.05, 0) is 6.92 Å². The van der Waals surface area contributed by atoms with Crippen molar-refractivity contribution in [3.05, 3.63) is 0 Å². The number of nitrogens with zero attached hydrogens (tertiary/aromatic N) is 1. The number of hydrogen-bond acceptors (Lipinski definition) is 5. The Morgan fingerprint density at radius 3 is 3.06 bits per heavy atom. The van der Waals surface area contributed by atoms with Gasteiger partial charge in [0.05, 0.1) is 32.8 Å². The zero-order valence-electron chi connectivity index (χ0n) is 10.1. The first-order valence-electron chi connectivity index (χ1n) is 5.74. The van der Waals surface area contributed by atoms with Crippen molar-refractivity contribution >= 4 is 5.97 Å². The first kappa shape index (κ1) is 13.4. The lowest BCUT2D eigenvalue weighted by Crippen LogP contribution is -2.44. The summed E-state index contributed by atoms with van der Waals surface area (Å²) in [6.45, 7) is 6.73. The maximum absolute atomic E-state index is 11.1. The smallest absolute Gasteiger partial charge is 0.308 e. The van der Waals surface area contributed by atoms with Crippen LogP contribution in [0.2, 0.25) is 0 Å². The molecule has 1 fully saturated rings. The van der Waals surface area contributed by atoms with E-state index in [1.165, 1.54) is 7.11 Å². The summed E-state index contributed by atoms with van der Waals surface area (Å²) in [5.74, 6) is -0.211. The average molecular weight is 231 g/mol. The fourth-order valence-electron chi connectivity index (χ4n) is 1.71. The van der Waals surface area contributed by atoms with Gasteiger partial charge >= 0.3 is 5.97 Å². The van der Waals surface area contributed by atoms with Gasteiger partial charge in [-0.1, -0.05) is 0 Å². The molecule has 94 valence electrons. The second-order valence-electron chi connectivity index (χ2n) is 3.77. The quantitative estimate of drug-likeness (QED) is 0.485. The van der Waals surface area contributed by atoms with Gasteiger partial charge in [-0.3, -0.25) is 9.69 Å². The predicted molar refractivity (Wildman–Crippen MR) is 59.3 cm³/mol. The van der Waals surface area contributed by atoms with E-state index in [-0.39, 0.29) is 12.1 Å². The topological polar surface area (TPSA) is 48.0 Å². The molecule has 1 aliphatic heterocycles. The molecule has 1 heterocycles. The standard InChI is InChI=1S/C11H21NO4/c1-3-15-6-4-12-5-7-16-10(9-12)8-11(13)14-2/h10H,3-9H2,1-2H3. The van der Waals surface area contributed by atoms with Crippen molar-refractivity contribution in [1.82, 2.24) is 4.90 Å². The van der Waals surface area contributed by atoms with Gasteiger partial charge in [-0.2, -0.15) is 0 Å². The molecule has 16 heavy (non-hydrogen) atoms. The maximum atomic E-state index is 11.1. The van der Waals surface area contributed by atoms with E-state index in [1.54, 1.807) is 0 Å². The largest absolute Gasteiger partial charge is 0.469 e. The summed E-state index contributed by atoms with van der Waals surface area (Å²) in [6, 6.07) is 0. The zero-order chi connectivity index (χ0) is 11.8. The van der Waals surface area contributed by atoms with Crippen LogP contribution >= 0.6 is 0 Å². The molecule has 0 aromatic carbocycles. The van der Waals surface area contributed by atoms with E-state index in [0.717, 1.165) is 32.8 Å². The summed E-state index contributed by atoms with van der Waals surface area (Å²) in [4.78, 5) is 13.4. The number of carbonyl (C=O) groups excluding carboxylic acids is 1. The predicted octanol–water partition coefficient (Wildman–Crippen LogP) is 0.287. The number of carbonyl (C=O) groups is 1. The van der Waals surface area contributed by atoms with Crippen molar-refractivity contribution < 1.29 is 19.0 Å². The molecule has 0 N–H and O–H groups in total. The van der Waals surface area contributed by atoms with E-state index < -0.39 is 0 Å². The van der Waals surface area contributed by atoms with Gasteiger partial charge in [-0.25, -0.2) is 0 Å². The van der Waals surface area contributed by atoms with Crippen molar-refractivity contribution in [2.45, 2.75) is 19.4 Å². The third-order valence-corrected chi connectivity index (χ3v) is 2.60. The zero-order valence-corrected chi connectivity index (χ0v) is 10.1. The van der Waals surface area contributed by atoms with Gasteiger partial charge < -0.3 is 14.2 Å². The highest BCUT2D eigenvalue weighted by atomic mass is 16.5. The molecule has 0 saturated carbocycles. The fraction of sp³-hybridized carbons (Fsp3) is 0.909. The van der Waals surface area contributed by atoms with Crippen LogP contribution in [0, 0.1) is 0 Å². The van der Waals surface area contributed by atoms with E-state index in [4.69, 9.17) is 9.47 Å². The normalized spacial score (nSPS) is 22.0. The molecule has 1 rings (SSSR count). The van der Waals surface area contributed by atoms with Crippen molar-refractivity contribution in [3.8, 4) is 0 Å². The molecule has 1 atom stereocenters. The monoisotopic (exact) mass is 231 g/mol. The van der Waals surface area contributed by atoms with Gasteiger partial charge in [0, 0.05) is 26.2 Å². The summed E-state index contributed by atoms with van der Waals surface area (Å²) < 4.78 is 15.4. The highest BCUT2D eigenvalue weighted by molar-refractivity contribution is 5.69. The molecular weight excluding hydrogens is 210 g/mol. The number of esters is 1. The Balaban J connectivity index is 2.21. The molecule has 5 nitrogen and oxygen atoms in total. The van der Waals surface area contributed by atoms with E-state index >= 15 is 0 Å². The fourth-order valence-corrected chi connectivity index (χ4v) is 1.71. The molecule has 0 spiro atoms. The highest BCUT2D eigenvalue weighted by Crippen LogP contribution is 2.09. The summed E-state index contributed by atoms with van der Waals surface area (Å²) >= 11 is 0. The summed E-state index contributed by atoms with van der Waals surface area (Å²) in [6.07, 6.45) is 0.296. The molecule has 0 aromatic heterocycles. The van der Waals surface area contributed by atoms with Crippen molar-refractivity contribution in [1.29, 1.82) is 0 Å².